The zero-order chi connectivity index (χ0) is 12.1. The van der Waals surface area contributed by atoms with Crippen LogP contribution in [0.4, 0.5) is 0 Å². The molecule has 1 aliphatic rings. The monoisotopic (exact) mass is 250 g/mol. The van der Waals surface area contributed by atoms with Gasteiger partial charge in [-0.05, 0) is 24.6 Å². The minimum absolute atomic E-state index is 0.0992. The van der Waals surface area contributed by atoms with Crippen LogP contribution in [0.1, 0.15) is 12.0 Å². The third-order valence-corrected chi connectivity index (χ3v) is 4.04. The van der Waals surface area contributed by atoms with Crippen molar-refractivity contribution in [2.75, 3.05) is 12.4 Å². The molecule has 1 aromatic rings. The number of thioether (sulfide) groups is 1. The van der Waals surface area contributed by atoms with Crippen LogP contribution in [0.3, 0.4) is 0 Å². The molecule has 3 N–H and O–H groups in total. The van der Waals surface area contributed by atoms with Gasteiger partial charge in [0.1, 0.15) is 5.76 Å². The quantitative estimate of drug-likeness (QED) is 0.478. The predicted octanol–water partition coefficient (Wildman–Crippen LogP) is 2.22. The number of nitrogens with two attached hydrogens (primary N) is 1. The van der Waals surface area contributed by atoms with Crippen LogP contribution in [0.2, 0.25) is 0 Å². The minimum atomic E-state index is 0.0992. The van der Waals surface area contributed by atoms with E-state index in [1.54, 1.807) is 11.8 Å². The van der Waals surface area contributed by atoms with Gasteiger partial charge in [0, 0.05) is 17.1 Å². The van der Waals surface area contributed by atoms with Crippen molar-refractivity contribution in [2.45, 2.75) is 24.3 Å². The first-order chi connectivity index (χ1) is 8.31. The summed E-state index contributed by atoms with van der Waals surface area (Å²) in [5.41, 5.74) is 4.12. The zero-order valence-corrected chi connectivity index (χ0v) is 10.8. The molecule has 0 bridgehead atoms. The molecule has 1 heterocycles. The van der Waals surface area contributed by atoms with Crippen molar-refractivity contribution in [1.82, 2.24) is 5.43 Å². The first kappa shape index (κ1) is 12.5. The molecule has 1 aliphatic heterocycles. The Morgan fingerprint density at radius 2 is 2.29 bits per heavy atom. The maximum absolute atomic E-state index is 5.57. The van der Waals surface area contributed by atoms with E-state index in [-0.39, 0.29) is 6.04 Å². The molecule has 0 saturated carbocycles. The van der Waals surface area contributed by atoms with E-state index in [4.69, 9.17) is 10.6 Å². The van der Waals surface area contributed by atoms with Crippen molar-refractivity contribution in [1.29, 1.82) is 0 Å². The molecule has 0 saturated heterocycles. The third kappa shape index (κ3) is 3.25. The van der Waals surface area contributed by atoms with Crippen molar-refractivity contribution in [2.24, 2.45) is 5.84 Å². The molecule has 92 valence electrons. The molecule has 4 heteroatoms. The van der Waals surface area contributed by atoms with Crippen molar-refractivity contribution in [3.63, 3.8) is 0 Å². The Hall–Kier alpha value is -0.970. The smallest absolute Gasteiger partial charge is 0.111 e. The van der Waals surface area contributed by atoms with E-state index in [0.717, 1.165) is 24.5 Å². The highest BCUT2D eigenvalue weighted by Crippen LogP contribution is 2.25. The van der Waals surface area contributed by atoms with Gasteiger partial charge in [0.2, 0.25) is 0 Å². The molecule has 0 radical (unpaired) electrons. The normalized spacial score (nSPS) is 16.5. The zero-order valence-electron chi connectivity index (χ0n) is 9.98. The number of ether oxygens (including phenoxy) is 1. The molecule has 3 nitrogen and oxygen atoms in total. The average Bonchev–Trinajstić information content (AvgIpc) is 2.86. The first-order valence-corrected chi connectivity index (χ1v) is 6.77. The lowest BCUT2D eigenvalue weighted by Crippen LogP contribution is -2.38. The highest BCUT2D eigenvalue weighted by molar-refractivity contribution is 7.99. The molecule has 0 fully saturated rings. The van der Waals surface area contributed by atoms with E-state index >= 15 is 0 Å². The van der Waals surface area contributed by atoms with Gasteiger partial charge >= 0.3 is 0 Å². The van der Waals surface area contributed by atoms with E-state index < -0.39 is 0 Å². The Morgan fingerprint density at radius 3 is 2.94 bits per heavy atom. The highest BCUT2D eigenvalue weighted by atomic mass is 32.2. The predicted molar refractivity (Wildman–Crippen MR) is 71.7 cm³/mol. The van der Waals surface area contributed by atoms with E-state index in [1.807, 2.05) is 0 Å². The fourth-order valence-electron chi connectivity index (χ4n) is 1.78. The summed E-state index contributed by atoms with van der Waals surface area (Å²) in [7, 11) is 0. The second-order valence-corrected chi connectivity index (χ2v) is 5.10. The fourth-order valence-corrected chi connectivity index (χ4v) is 2.86. The second kappa shape index (κ2) is 6.10. The summed E-state index contributed by atoms with van der Waals surface area (Å²) >= 11 is 1.80. The molecular formula is C13H18N2OS. The largest absolute Gasteiger partial charge is 0.496 e. The van der Waals surface area contributed by atoms with E-state index in [0.29, 0.717) is 0 Å². The van der Waals surface area contributed by atoms with Gasteiger partial charge in [0.15, 0.2) is 0 Å². The lowest BCUT2D eigenvalue weighted by molar-refractivity contribution is 0.220. The third-order valence-electron chi connectivity index (χ3n) is 2.78. The summed E-state index contributed by atoms with van der Waals surface area (Å²) in [6.07, 6.45) is 3.10. The molecule has 0 amide bonds. The first-order valence-electron chi connectivity index (χ1n) is 5.78. The van der Waals surface area contributed by atoms with Crippen LogP contribution >= 0.6 is 11.8 Å². The average molecular weight is 250 g/mol. The molecule has 17 heavy (non-hydrogen) atoms. The second-order valence-electron chi connectivity index (χ2n) is 4.04. The van der Waals surface area contributed by atoms with Crippen LogP contribution in [0.15, 0.2) is 41.0 Å². The number of nitrogens with one attached hydrogen (secondary N) is 1. The van der Waals surface area contributed by atoms with Gasteiger partial charge in [0.05, 0.1) is 12.6 Å². The van der Waals surface area contributed by atoms with E-state index in [9.17, 15) is 0 Å². The van der Waals surface area contributed by atoms with Gasteiger partial charge in [-0.15, -0.1) is 11.8 Å². The lowest BCUT2D eigenvalue weighted by atomic mass is 10.2. The maximum atomic E-state index is 5.57. The van der Waals surface area contributed by atoms with Crippen LogP contribution < -0.4 is 11.3 Å². The molecular weight excluding hydrogens is 232 g/mol. The van der Waals surface area contributed by atoms with Gasteiger partial charge in [-0.1, -0.05) is 18.2 Å². The topological polar surface area (TPSA) is 47.3 Å². The number of hydrazine groups is 1. The van der Waals surface area contributed by atoms with E-state index in [2.05, 4.69) is 42.7 Å². The molecule has 1 aromatic carbocycles. The number of hydrogen-bond donors (Lipinski definition) is 2. The Morgan fingerprint density at radius 1 is 1.47 bits per heavy atom. The number of aryl methyl sites for hydroxylation is 1. The maximum Gasteiger partial charge on any atom is 0.111 e. The number of hydrogen-bond acceptors (Lipinski definition) is 4. The number of benzene rings is 1. The summed E-state index contributed by atoms with van der Waals surface area (Å²) in [5, 5.41) is 0. The van der Waals surface area contributed by atoms with Crippen LogP contribution in [0, 0.1) is 6.92 Å². The van der Waals surface area contributed by atoms with Crippen LogP contribution in [-0.2, 0) is 4.74 Å². The Kier molecular flexibility index (Phi) is 4.48. The summed E-state index contributed by atoms with van der Waals surface area (Å²) in [6, 6.07) is 8.48. The minimum Gasteiger partial charge on any atom is -0.496 e. The van der Waals surface area contributed by atoms with Gasteiger partial charge in [-0.3, -0.25) is 5.84 Å². The van der Waals surface area contributed by atoms with Crippen molar-refractivity contribution < 1.29 is 4.74 Å². The molecule has 1 atom stereocenters. The summed E-state index contributed by atoms with van der Waals surface area (Å²) in [6.45, 7) is 2.90. The van der Waals surface area contributed by atoms with Crippen LogP contribution in [0.5, 0.6) is 0 Å². The Balaban J connectivity index is 1.94. The summed E-state index contributed by atoms with van der Waals surface area (Å²) in [4.78, 5) is 1.30. The SMILES string of the molecule is Cc1ccccc1SCC(NN)C1=CCCO1. The fraction of sp³-hybridized carbons (Fsp3) is 0.385. The molecule has 1 unspecified atom stereocenters. The summed E-state index contributed by atoms with van der Waals surface area (Å²) in [5.74, 6) is 7.43. The van der Waals surface area contributed by atoms with Gasteiger partial charge < -0.3 is 4.74 Å². The van der Waals surface area contributed by atoms with Gasteiger partial charge in [-0.25, -0.2) is 5.43 Å². The van der Waals surface area contributed by atoms with Crippen molar-refractivity contribution in [3.8, 4) is 0 Å². The summed E-state index contributed by atoms with van der Waals surface area (Å²) < 4.78 is 5.53. The lowest BCUT2D eigenvalue weighted by Gasteiger charge is -2.17. The van der Waals surface area contributed by atoms with Crippen LogP contribution in [-0.4, -0.2) is 18.4 Å². The molecule has 0 aromatic heterocycles. The van der Waals surface area contributed by atoms with Gasteiger partial charge in [-0.2, -0.15) is 0 Å². The Labute approximate surface area is 106 Å². The highest BCUT2D eigenvalue weighted by Gasteiger charge is 2.17. The van der Waals surface area contributed by atoms with Crippen LogP contribution in [0.25, 0.3) is 0 Å². The molecule has 0 spiro atoms. The van der Waals surface area contributed by atoms with E-state index in [1.165, 1.54) is 10.5 Å². The van der Waals surface area contributed by atoms with Crippen molar-refractivity contribution in [3.05, 3.63) is 41.7 Å². The standard InChI is InChI=1S/C13H18N2OS/c1-10-5-2-3-7-13(10)17-9-11(15-14)12-6-4-8-16-12/h2-3,5-7,11,15H,4,8-9,14H2,1H3. The Bertz CT molecular complexity index is 406. The molecule has 0 aliphatic carbocycles. The molecule has 2 rings (SSSR count). The van der Waals surface area contributed by atoms with Gasteiger partial charge in [0.25, 0.3) is 0 Å². The number of rotatable bonds is 5. The van der Waals surface area contributed by atoms with Crippen molar-refractivity contribution >= 4 is 11.8 Å².